The van der Waals surface area contributed by atoms with Crippen molar-refractivity contribution < 1.29 is 23.9 Å². The molecule has 1 aliphatic heterocycles. The van der Waals surface area contributed by atoms with E-state index in [9.17, 15) is 14.4 Å². The minimum Gasteiger partial charge on any atom is -0.497 e. The Balaban J connectivity index is 1.47. The zero-order chi connectivity index (χ0) is 23.4. The Morgan fingerprint density at radius 3 is 2.42 bits per heavy atom. The fourth-order valence-electron chi connectivity index (χ4n) is 3.12. The lowest BCUT2D eigenvalue weighted by molar-refractivity contribution is -0.123. The van der Waals surface area contributed by atoms with Crippen molar-refractivity contribution in [2.75, 3.05) is 7.11 Å². The number of nitrogens with zero attached hydrogens (tertiary/aromatic N) is 1. The van der Waals surface area contributed by atoms with Crippen LogP contribution in [0.5, 0.6) is 11.5 Å². The van der Waals surface area contributed by atoms with E-state index in [1.807, 2.05) is 0 Å². The van der Waals surface area contributed by atoms with Gasteiger partial charge in [-0.1, -0.05) is 35.9 Å². The Bertz CT molecular complexity index is 1240. The molecule has 6 nitrogen and oxygen atoms in total. The number of esters is 1. The molecule has 2 amide bonds. The zero-order valence-electron chi connectivity index (χ0n) is 17.5. The normalized spacial score (nSPS) is 14.6. The van der Waals surface area contributed by atoms with Gasteiger partial charge in [0.2, 0.25) is 0 Å². The van der Waals surface area contributed by atoms with Crippen LogP contribution in [0.3, 0.4) is 0 Å². The van der Waals surface area contributed by atoms with Crippen LogP contribution in [0.2, 0.25) is 5.02 Å². The summed E-state index contributed by atoms with van der Waals surface area (Å²) in [7, 11) is 1.55. The largest absolute Gasteiger partial charge is 0.497 e. The molecular formula is C25H18ClNO5S. The molecule has 0 bridgehead atoms. The van der Waals surface area contributed by atoms with Crippen LogP contribution in [0, 0.1) is 0 Å². The maximum absolute atomic E-state index is 12.8. The smallest absolute Gasteiger partial charge is 0.343 e. The molecule has 0 N–H and O–H groups in total. The van der Waals surface area contributed by atoms with Crippen LogP contribution in [0.1, 0.15) is 21.5 Å². The Morgan fingerprint density at radius 2 is 1.73 bits per heavy atom. The highest BCUT2D eigenvalue weighted by atomic mass is 35.5. The first-order valence-electron chi connectivity index (χ1n) is 9.89. The second kappa shape index (κ2) is 9.94. The fourth-order valence-corrected chi connectivity index (χ4v) is 4.09. The van der Waals surface area contributed by atoms with Crippen LogP contribution in [0.4, 0.5) is 4.79 Å². The number of hydrogen-bond acceptors (Lipinski definition) is 6. The predicted octanol–water partition coefficient (Wildman–Crippen LogP) is 5.80. The quantitative estimate of drug-likeness (QED) is 0.252. The van der Waals surface area contributed by atoms with Crippen molar-refractivity contribution in [2.24, 2.45) is 0 Å². The molecule has 1 fully saturated rings. The average Bonchev–Trinajstić information content (AvgIpc) is 3.08. The summed E-state index contributed by atoms with van der Waals surface area (Å²) >= 11 is 6.77. The van der Waals surface area contributed by atoms with Gasteiger partial charge in [-0.15, -0.1) is 0 Å². The topological polar surface area (TPSA) is 72.9 Å². The maximum Gasteiger partial charge on any atom is 0.343 e. The number of benzene rings is 3. The van der Waals surface area contributed by atoms with Gasteiger partial charge >= 0.3 is 5.97 Å². The summed E-state index contributed by atoms with van der Waals surface area (Å²) in [4.78, 5) is 39.1. The van der Waals surface area contributed by atoms with Crippen LogP contribution in [-0.4, -0.2) is 29.1 Å². The van der Waals surface area contributed by atoms with E-state index in [4.69, 9.17) is 21.1 Å². The van der Waals surface area contributed by atoms with Crippen molar-refractivity contribution in [1.82, 2.24) is 4.90 Å². The van der Waals surface area contributed by atoms with Crippen molar-refractivity contribution in [3.8, 4) is 11.5 Å². The molecule has 166 valence electrons. The van der Waals surface area contributed by atoms with Gasteiger partial charge in [-0.2, -0.15) is 0 Å². The summed E-state index contributed by atoms with van der Waals surface area (Å²) in [5.41, 5.74) is 1.81. The van der Waals surface area contributed by atoms with Gasteiger partial charge < -0.3 is 9.47 Å². The number of methoxy groups -OCH3 is 1. The Labute approximate surface area is 199 Å². The molecule has 0 atom stereocenters. The molecule has 4 rings (SSSR count). The molecule has 3 aromatic rings. The average molecular weight is 480 g/mol. The van der Waals surface area contributed by atoms with E-state index < -0.39 is 5.97 Å². The Morgan fingerprint density at radius 1 is 1.00 bits per heavy atom. The first kappa shape index (κ1) is 22.6. The Kier molecular flexibility index (Phi) is 6.82. The second-order valence-corrected chi connectivity index (χ2v) is 8.51. The van der Waals surface area contributed by atoms with Gasteiger partial charge in [-0.25, -0.2) is 4.79 Å². The molecule has 0 saturated carbocycles. The van der Waals surface area contributed by atoms with Crippen molar-refractivity contribution in [2.45, 2.75) is 6.54 Å². The zero-order valence-corrected chi connectivity index (χ0v) is 19.1. The van der Waals surface area contributed by atoms with E-state index >= 15 is 0 Å². The SMILES string of the molecule is COc1ccc(C(=O)Oc2cccc(/C=C3\SC(=O)N(Cc4ccc(Cl)cc4)C3=O)c2)cc1. The third kappa shape index (κ3) is 5.45. The van der Waals surface area contributed by atoms with Crippen molar-refractivity contribution in [1.29, 1.82) is 0 Å². The minimum absolute atomic E-state index is 0.165. The molecule has 1 saturated heterocycles. The second-order valence-electron chi connectivity index (χ2n) is 7.08. The number of carbonyl (C=O) groups excluding carboxylic acids is 3. The molecule has 3 aromatic carbocycles. The lowest BCUT2D eigenvalue weighted by Crippen LogP contribution is -2.27. The molecular weight excluding hydrogens is 462 g/mol. The summed E-state index contributed by atoms with van der Waals surface area (Å²) in [6, 6.07) is 20.3. The third-order valence-corrected chi connectivity index (χ3v) is 5.98. The molecule has 1 aliphatic rings. The summed E-state index contributed by atoms with van der Waals surface area (Å²) in [6.07, 6.45) is 1.61. The van der Waals surface area contributed by atoms with Gasteiger partial charge in [0.15, 0.2) is 0 Å². The van der Waals surface area contributed by atoms with E-state index in [0.29, 0.717) is 32.6 Å². The molecule has 0 unspecified atom stereocenters. The van der Waals surface area contributed by atoms with E-state index in [2.05, 4.69) is 0 Å². The number of imide groups is 1. The van der Waals surface area contributed by atoms with Crippen LogP contribution >= 0.6 is 23.4 Å². The maximum atomic E-state index is 12.8. The highest BCUT2D eigenvalue weighted by molar-refractivity contribution is 8.18. The number of carbonyl (C=O) groups is 3. The molecule has 0 aromatic heterocycles. The molecule has 0 aliphatic carbocycles. The summed E-state index contributed by atoms with van der Waals surface area (Å²) in [6.45, 7) is 0.165. The number of rotatable bonds is 6. The molecule has 0 spiro atoms. The number of amides is 2. The molecule has 1 heterocycles. The first-order chi connectivity index (χ1) is 15.9. The van der Waals surface area contributed by atoms with E-state index in [-0.39, 0.29) is 17.7 Å². The van der Waals surface area contributed by atoms with E-state index in [1.165, 1.54) is 4.90 Å². The van der Waals surface area contributed by atoms with Crippen molar-refractivity contribution in [3.63, 3.8) is 0 Å². The summed E-state index contributed by atoms with van der Waals surface area (Å²) < 4.78 is 10.5. The van der Waals surface area contributed by atoms with Gasteiger partial charge in [0.1, 0.15) is 11.5 Å². The van der Waals surface area contributed by atoms with Crippen LogP contribution < -0.4 is 9.47 Å². The van der Waals surface area contributed by atoms with Gasteiger partial charge in [0, 0.05) is 5.02 Å². The highest BCUT2D eigenvalue weighted by Gasteiger charge is 2.35. The summed E-state index contributed by atoms with van der Waals surface area (Å²) in [5.74, 6) is 0.0715. The van der Waals surface area contributed by atoms with Crippen LogP contribution in [0.25, 0.3) is 6.08 Å². The van der Waals surface area contributed by atoms with Gasteiger partial charge in [0.05, 0.1) is 24.1 Å². The summed E-state index contributed by atoms with van der Waals surface area (Å²) in [5, 5.41) is 0.239. The standard InChI is InChI=1S/C25H18ClNO5S/c1-31-20-11-7-18(8-12-20)24(29)32-21-4-2-3-17(13-21)14-22-23(28)27(25(30)33-22)15-16-5-9-19(26)10-6-16/h2-14H,15H2,1H3/b22-14-. The number of thioether (sulfide) groups is 1. The molecule has 8 heteroatoms. The van der Waals surface area contributed by atoms with Gasteiger partial charge in [0.25, 0.3) is 11.1 Å². The predicted molar refractivity (Wildman–Crippen MR) is 127 cm³/mol. The lowest BCUT2D eigenvalue weighted by atomic mass is 10.2. The van der Waals surface area contributed by atoms with Gasteiger partial charge in [-0.3, -0.25) is 14.5 Å². The van der Waals surface area contributed by atoms with E-state index in [0.717, 1.165) is 17.3 Å². The highest BCUT2D eigenvalue weighted by Crippen LogP contribution is 2.34. The molecule has 0 radical (unpaired) electrons. The van der Waals surface area contributed by atoms with Gasteiger partial charge in [-0.05, 0) is 77.5 Å². The fraction of sp³-hybridized carbons (Fsp3) is 0.0800. The number of hydrogen-bond donors (Lipinski definition) is 0. The lowest BCUT2D eigenvalue weighted by Gasteiger charge is -2.12. The molecule has 33 heavy (non-hydrogen) atoms. The van der Waals surface area contributed by atoms with Crippen molar-refractivity contribution in [3.05, 3.63) is 99.4 Å². The number of halogens is 1. The minimum atomic E-state index is -0.516. The monoisotopic (exact) mass is 479 g/mol. The number of ether oxygens (including phenoxy) is 2. The Hall–Kier alpha value is -3.55. The first-order valence-corrected chi connectivity index (χ1v) is 11.1. The van der Waals surface area contributed by atoms with Crippen LogP contribution in [0.15, 0.2) is 77.7 Å². The van der Waals surface area contributed by atoms with Crippen molar-refractivity contribution >= 4 is 46.6 Å². The third-order valence-electron chi connectivity index (χ3n) is 4.82. The van der Waals surface area contributed by atoms with Crippen LogP contribution in [-0.2, 0) is 11.3 Å². The van der Waals surface area contributed by atoms with E-state index in [1.54, 1.807) is 86.0 Å².